The van der Waals surface area contributed by atoms with Crippen molar-refractivity contribution in [2.24, 2.45) is 5.92 Å². The van der Waals surface area contributed by atoms with Crippen LogP contribution >= 0.6 is 0 Å². The maximum absolute atomic E-state index is 13.0. The molecule has 2 aromatic carbocycles. The molecule has 0 aliphatic heterocycles. The molecule has 7 heteroatoms. The second-order valence-corrected chi connectivity index (χ2v) is 9.60. The van der Waals surface area contributed by atoms with E-state index >= 15 is 0 Å². The lowest BCUT2D eigenvalue weighted by Crippen LogP contribution is -2.49. The van der Waals surface area contributed by atoms with Crippen molar-refractivity contribution in [1.29, 1.82) is 0 Å². The third kappa shape index (κ3) is 6.51. The normalized spacial score (nSPS) is 12.4. The van der Waals surface area contributed by atoms with Gasteiger partial charge in [-0.25, -0.2) is 9.67 Å². The Labute approximate surface area is 195 Å². The molecule has 1 heterocycles. The molecule has 174 valence electrons. The van der Waals surface area contributed by atoms with Crippen LogP contribution in [0.15, 0.2) is 61.2 Å². The largest absolute Gasteiger partial charge is 0.350 e. The van der Waals surface area contributed by atoms with Crippen molar-refractivity contribution >= 4 is 11.8 Å². The lowest BCUT2D eigenvalue weighted by Gasteiger charge is -2.23. The number of hydrogen-bond donors (Lipinski definition) is 2. The second-order valence-electron chi connectivity index (χ2n) is 9.60. The molecule has 3 rings (SSSR count). The molecule has 1 aromatic heterocycles. The van der Waals surface area contributed by atoms with Crippen LogP contribution in [-0.2, 0) is 23.3 Å². The van der Waals surface area contributed by atoms with E-state index in [4.69, 9.17) is 0 Å². The van der Waals surface area contributed by atoms with Gasteiger partial charge in [-0.3, -0.25) is 9.59 Å². The molecule has 33 heavy (non-hydrogen) atoms. The zero-order valence-electron chi connectivity index (χ0n) is 20.0. The number of nitrogens with one attached hydrogen (secondary N) is 2. The van der Waals surface area contributed by atoms with Gasteiger partial charge >= 0.3 is 0 Å². The summed E-state index contributed by atoms with van der Waals surface area (Å²) < 4.78 is 1.74. The van der Waals surface area contributed by atoms with Crippen LogP contribution < -0.4 is 10.6 Å². The summed E-state index contributed by atoms with van der Waals surface area (Å²) in [5.74, 6) is -0.524. The molecule has 0 saturated carbocycles. The van der Waals surface area contributed by atoms with E-state index in [1.54, 1.807) is 11.0 Å². The number of hydrogen-bond acceptors (Lipinski definition) is 4. The van der Waals surface area contributed by atoms with E-state index in [2.05, 4.69) is 41.5 Å². The van der Waals surface area contributed by atoms with Crippen LogP contribution in [0.5, 0.6) is 0 Å². The summed E-state index contributed by atoms with van der Waals surface area (Å²) in [4.78, 5) is 29.8. The molecule has 0 bridgehead atoms. The molecule has 0 saturated heterocycles. The number of carbonyl (C=O) groups is 2. The molecule has 0 aliphatic carbocycles. The lowest BCUT2D eigenvalue weighted by atomic mass is 9.86. The second kappa shape index (κ2) is 10.4. The first-order valence-corrected chi connectivity index (χ1v) is 11.2. The summed E-state index contributed by atoms with van der Waals surface area (Å²) in [6.45, 7) is 11.2. The van der Waals surface area contributed by atoms with Crippen molar-refractivity contribution in [2.45, 2.75) is 59.2 Å². The Bertz CT molecular complexity index is 1070. The maximum atomic E-state index is 13.0. The smallest absolute Gasteiger partial charge is 0.251 e. The monoisotopic (exact) mass is 447 g/mol. The third-order valence-corrected chi connectivity index (χ3v) is 5.62. The molecule has 1 atom stereocenters. The van der Waals surface area contributed by atoms with Crippen LogP contribution in [0.25, 0.3) is 0 Å². The average molecular weight is 448 g/mol. The van der Waals surface area contributed by atoms with Crippen LogP contribution in [-0.4, -0.2) is 32.6 Å². The van der Waals surface area contributed by atoms with Gasteiger partial charge in [-0.2, -0.15) is 5.10 Å². The Hall–Kier alpha value is -3.48. The van der Waals surface area contributed by atoms with Gasteiger partial charge in [-0.05, 0) is 40.2 Å². The number of rotatable bonds is 8. The average Bonchev–Trinajstić information content (AvgIpc) is 3.29. The first kappa shape index (κ1) is 24.2. The fourth-order valence-electron chi connectivity index (χ4n) is 3.55. The molecule has 2 N–H and O–H groups in total. The Balaban J connectivity index is 1.64. The molecular weight excluding hydrogens is 414 g/mol. The Kier molecular flexibility index (Phi) is 7.63. The highest BCUT2D eigenvalue weighted by atomic mass is 16.2. The van der Waals surface area contributed by atoms with Gasteiger partial charge in [0.1, 0.15) is 18.7 Å². The van der Waals surface area contributed by atoms with Gasteiger partial charge in [0.25, 0.3) is 5.91 Å². The number of nitrogens with zero attached hydrogens (tertiary/aromatic N) is 3. The quantitative estimate of drug-likeness (QED) is 0.551. The van der Waals surface area contributed by atoms with Gasteiger partial charge in [-0.1, -0.05) is 71.0 Å². The standard InChI is InChI=1S/C26H33N5O2/c1-18(2)23(30-24(32)19-10-12-22(13-11-19)26(3,4)5)25(33)28-14-20-8-6-7-9-21(20)15-31-17-27-16-29-31/h6-13,16-18,23H,14-15H2,1-5H3,(H,28,33)(H,30,32). The number of aromatic nitrogens is 3. The molecule has 2 amide bonds. The highest BCUT2D eigenvalue weighted by molar-refractivity contribution is 5.97. The lowest BCUT2D eigenvalue weighted by molar-refractivity contribution is -0.124. The molecule has 3 aromatic rings. The minimum atomic E-state index is -0.637. The molecule has 0 spiro atoms. The third-order valence-electron chi connectivity index (χ3n) is 5.62. The number of benzene rings is 2. The highest BCUT2D eigenvalue weighted by Gasteiger charge is 2.25. The fraction of sp³-hybridized carbons (Fsp3) is 0.385. The topological polar surface area (TPSA) is 88.9 Å². The van der Waals surface area contributed by atoms with Gasteiger partial charge in [-0.15, -0.1) is 0 Å². The maximum Gasteiger partial charge on any atom is 0.251 e. The van der Waals surface area contributed by atoms with Crippen LogP contribution in [0.1, 0.15) is 61.7 Å². The van der Waals surface area contributed by atoms with Gasteiger partial charge in [0.2, 0.25) is 5.91 Å². The van der Waals surface area contributed by atoms with Crippen LogP contribution in [0.3, 0.4) is 0 Å². The zero-order valence-corrected chi connectivity index (χ0v) is 20.0. The molecule has 0 aliphatic rings. The predicted molar refractivity (Wildman–Crippen MR) is 129 cm³/mol. The van der Waals surface area contributed by atoms with Gasteiger partial charge in [0, 0.05) is 12.1 Å². The molecule has 7 nitrogen and oxygen atoms in total. The fourth-order valence-corrected chi connectivity index (χ4v) is 3.55. The van der Waals surface area contributed by atoms with E-state index in [1.807, 2.05) is 62.4 Å². The predicted octanol–water partition coefficient (Wildman–Crippen LogP) is 3.69. The van der Waals surface area contributed by atoms with E-state index in [-0.39, 0.29) is 23.1 Å². The van der Waals surface area contributed by atoms with Gasteiger partial charge < -0.3 is 10.6 Å². The van der Waals surface area contributed by atoms with E-state index in [0.717, 1.165) is 16.7 Å². The van der Waals surface area contributed by atoms with Crippen molar-refractivity contribution < 1.29 is 9.59 Å². The first-order chi connectivity index (χ1) is 15.6. The van der Waals surface area contributed by atoms with Crippen LogP contribution in [0.4, 0.5) is 0 Å². The van der Waals surface area contributed by atoms with Crippen LogP contribution in [0, 0.1) is 5.92 Å². The summed E-state index contributed by atoms with van der Waals surface area (Å²) in [5, 5.41) is 10.0. The number of amides is 2. The van der Waals surface area contributed by atoms with E-state index in [9.17, 15) is 9.59 Å². The van der Waals surface area contributed by atoms with E-state index in [0.29, 0.717) is 18.7 Å². The zero-order chi connectivity index (χ0) is 24.0. The minimum Gasteiger partial charge on any atom is -0.350 e. The molecule has 0 radical (unpaired) electrons. The van der Waals surface area contributed by atoms with E-state index < -0.39 is 6.04 Å². The summed E-state index contributed by atoms with van der Waals surface area (Å²) in [5.41, 5.74) is 3.75. The van der Waals surface area contributed by atoms with Crippen molar-refractivity contribution in [1.82, 2.24) is 25.4 Å². The Morgan fingerprint density at radius 1 is 1.00 bits per heavy atom. The minimum absolute atomic E-state index is 0.0135. The Morgan fingerprint density at radius 3 is 2.24 bits per heavy atom. The molecule has 1 unspecified atom stereocenters. The summed E-state index contributed by atoms with van der Waals surface area (Å²) >= 11 is 0. The SMILES string of the molecule is CC(C)C(NC(=O)c1ccc(C(C)(C)C)cc1)C(=O)NCc1ccccc1Cn1cncn1. The van der Waals surface area contributed by atoms with Crippen molar-refractivity contribution in [2.75, 3.05) is 0 Å². The van der Waals surface area contributed by atoms with Gasteiger partial charge in [0.15, 0.2) is 0 Å². The van der Waals surface area contributed by atoms with Crippen molar-refractivity contribution in [3.05, 3.63) is 83.4 Å². The molecular formula is C26H33N5O2. The Morgan fingerprint density at radius 2 is 1.67 bits per heavy atom. The van der Waals surface area contributed by atoms with Crippen LogP contribution in [0.2, 0.25) is 0 Å². The summed E-state index contributed by atoms with van der Waals surface area (Å²) in [7, 11) is 0. The summed E-state index contributed by atoms with van der Waals surface area (Å²) in [6, 6.07) is 14.8. The van der Waals surface area contributed by atoms with E-state index in [1.165, 1.54) is 6.33 Å². The summed E-state index contributed by atoms with van der Waals surface area (Å²) in [6.07, 6.45) is 3.16. The number of carbonyl (C=O) groups excluding carboxylic acids is 2. The van der Waals surface area contributed by atoms with Gasteiger partial charge in [0.05, 0.1) is 6.54 Å². The van der Waals surface area contributed by atoms with Crippen molar-refractivity contribution in [3.63, 3.8) is 0 Å². The highest BCUT2D eigenvalue weighted by Crippen LogP contribution is 2.22. The molecule has 0 fully saturated rings. The first-order valence-electron chi connectivity index (χ1n) is 11.2. The van der Waals surface area contributed by atoms with Crippen molar-refractivity contribution in [3.8, 4) is 0 Å².